The van der Waals surface area contributed by atoms with Crippen molar-refractivity contribution >= 4 is 19.7 Å². The second-order valence-electron chi connectivity index (χ2n) is 12.2. The molecule has 0 aliphatic carbocycles. The van der Waals surface area contributed by atoms with E-state index in [1.54, 1.807) is 32.0 Å². The van der Waals surface area contributed by atoms with Crippen molar-refractivity contribution in [3.05, 3.63) is 167 Å². The monoisotopic (exact) mass is 722 g/mol. The lowest BCUT2D eigenvalue weighted by Gasteiger charge is -2.29. The number of hydrogen-bond donors (Lipinski definition) is 2. The largest absolute Gasteiger partial charge is 0.530 e. The summed E-state index contributed by atoms with van der Waals surface area (Å²) in [5, 5.41) is 0. The van der Waals surface area contributed by atoms with Gasteiger partial charge in [0.1, 0.15) is 18.8 Å². The van der Waals surface area contributed by atoms with Gasteiger partial charge in [-0.2, -0.15) is 0 Å². The Kier molecular flexibility index (Phi) is 13.8. The third-order valence-corrected chi connectivity index (χ3v) is 9.25. The van der Waals surface area contributed by atoms with Gasteiger partial charge >= 0.3 is 13.8 Å². The minimum atomic E-state index is -4.24. The van der Waals surface area contributed by atoms with Crippen LogP contribution in [-0.2, 0) is 60.8 Å². The number of ether oxygens (including phenoxy) is 2. The molecule has 0 spiro atoms. The predicted octanol–water partition coefficient (Wildman–Crippen LogP) is 8.26. The molecule has 11 heteroatoms. The van der Waals surface area contributed by atoms with Crippen molar-refractivity contribution < 1.29 is 37.2 Å². The number of rotatable bonds is 19. The van der Waals surface area contributed by atoms with Crippen LogP contribution >= 0.6 is 7.82 Å². The number of amides is 1. The third kappa shape index (κ3) is 11.6. The summed E-state index contributed by atoms with van der Waals surface area (Å²) in [6.45, 7) is 3.53. The fourth-order valence-electron chi connectivity index (χ4n) is 5.01. The summed E-state index contributed by atoms with van der Waals surface area (Å²) in [5.74, 6) is -0.511. The van der Waals surface area contributed by atoms with Crippen LogP contribution in [-0.4, -0.2) is 17.4 Å². The van der Waals surface area contributed by atoms with Crippen molar-refractivity contribution in [3.8, 4) is 11.5 Å². The quantitative estimate of drug-likeness (QED) is 0.0493. The maximum atomic E-state index is 14.3. The number of carbonyl (C=O) groups is 2. The smallest absolute Gasteiger partial charge is 0.485 e. The summed E-state index contributed by atoms with van der Waals surface area (Å²) in [4.78, 5) is 25.8. The van der Waals surface area contributed by atoms with Crippen molar-refractivity contribution in [2.75, 3.05) is 0 Å². The zero-order valence-corrected chi connectivity index (χ0v) is 30.1. The first-order valence-corrected chi connectivity index (χ1v) is 18.4. The highest BCUT2D eigenvalue weighted by Gasteiger charge is 2.37. The Bertz CT molecular complexity index is 1870. The van der Waals surface area contributed by atoms with Crippen molar-refractivity contribution in [2.45, 2.75) is 58.7 Å². The highest BCUT2D eigenvalue weighted by Crippen LogP contribution is 2.53. The van der Waals surface area contributed by atoms with E-state index in [-0.39, 0.29) is 56.7 Å². The molecule has 1 atom stereocenters. The van der Waals surface area contributed by atoms with Gasteiger partial charge in [0.05, 0.1) is 13.2 Å². The van der Waals surface area contributed by atoms with E-state index in [0.29, 0.717) is 5.56 Å². The van der Waals surface area contributed by atoms with Crippen LogP contribution in [0.5, 0.6) is 11.5 Å². The maximum absolute atomic E-state index is 14.3. The summed E-state index contributed by atoms with van der Waals surface area (Å²) < 4.78 is 44.1. The minimum Gasteiger partial charge on any atom is -0.485 e. The zero-order chi connectivity index (χ0) is 36.7. The molecule has 270 valence electrons. The van der Waals surface area contributed by atoms with E-state index in [9.17, 15) is 14.2 Å². The molecule has 0 saturated carbocycles. The molecule has 5 rings (SSSR count). The summed E-state index contributed by atoms with van der Waals surface area (Å²) in [5.41, 5.74) is 8.04. The molecule has 0 saturated heterocycles. The first-order chi connectivity index (χ1) is 25.2. The Labute approximate surface area is 304 Å². The van der Waals surface area contributed by atoms with Gasteiger partial charge in [-0.15, -0.1) is 0 Å². The van der Waals surface area contributed by atoms with Gasteiger partial charge < -0.3 is 14.0 Å². The van der Waals surface area contributed by atoms with Crippen LogP contribution in [0.2, 0.25) is 0 Å². The molecule has 0 aromatic heterocycles. The summed E-state index contributed by atoms with van der Waals surface area (Å²) in [6, 6.07) is 42.5. The molecule has 1 amide bonds. The number of benzene rings is 5. The van der Waals surface area contributed by atoms with E-state index in [1.165, 1.54) is 0 Å². The van der Waals surface area contributed by atoms with Crippen LogP contribution in [0.25, 0.3) is 0 Å². The number of carbonyl (C=O) groups excluding carboxylic acids is 2. The van der Waals surface area contributed by atoms with Crippen molar-refractivity contribution in [2.24, 2.45) is 0 Å². The molecule has 0 unspecified atom stereocenters. The van der Waals surface area contributed by atoms with E-state index in [1.807, 2.05) is 121 Å². The number of nitrogens with one attached hydrogen (secondary N) is 2. The number of esters is 1. The van der Waals surface area contributed by atoms with Gasteiger partial charge in [-0.05, 0) is 46.9 Å². The Morgan fingerprint density at radius 2 is 1.10 bits per heavy atom. The van der Waals surface area contributed by atoms with E-state index >= 15 is 0 Å². The van der Waals surface area contributed by atoms with E-state index in [0.717, 1.165) is 22.3 Å². The molecule has 0 heterocycles. The SMILES string of the molecule is CCC(=O)NN[C@@](C)(Cc1ccc(OP(=O)(OCc2ccccc2)OCc2ccccc2)c(OCc2ccccc2)c1)C(=O)OCc1ccccc1. The Hall–Kier alpha value is -5.25. The van der Waals surface area contributed by atoms with Crippen LogP contribution in [0.1, 0.15) is 48.1 Å². The number of hydrogen-bond acceptors (Lipinski definition) is 9. The van der Waals surface area contributed by atoms with Crippen LogP contribution in [0, 0.1) is 0 Å². The van der Waals surface area contributed by atoms with Gasteiger partial charge in [0.15, 0.2) is 11.5 Å². The van der Waals surface area contributed by atoms with E-state index in [2.05, 4.69) is 10.9 Å². The topological polar surface area (TPSA) is 121 Å². The lowest BCUT2D eigenvalue weighted by Crippen LogP contribution is -2.58. The van der Waals surface area contributed by atoms with Crippen molar-refractivity contribution in [1.82, 2.24) is 10.9 Å². The standard InChI is InChI=1S/C41H43N2O8P/c1-3-39(44)42-43-41(2,40(45)48-29-33-18-10-5-11-19-33)27-36-24-25-37(38(26-36)47-28-32-16-8-4-9-17-32)51-52(46,49-30-34-20-12-6-13-21-34)50-31-35-22-14-7-15-23-35/h4-26,43H,3,27-31H2,1-2H3,(H,42,44)/t41-/m0/s1. The van der Waals surface area contributed by atoms with Crippen LogP contribution in [0.3, 0.4) is 0 Å². The Morgan fingerprint density at radius 1 is 0.615 bits per heavy atom. The molecule has 2 N–H and O–H groups in total. The summed E-state index contributed by atoms with van der Waals surface area (Å²) >= 11 is 0. The maximum Gasteiger partial charge on any atom is 0.530 e. The fraction of sp³-hybridized carbons (Fsp3) is 0.220. The third-order valence-electron chi connectivity index (χ3n) is 7.94. The van der Waals surface area contributed by atoms with Crippen molar-refractivity contribution in [1.29, 1.82) is 0 Å². The van der Waals surface area contributed by atoms with Gasteiger partial charge in [0, 0.05) is 12.8 Å². The molecular weight excluding hydrogens is 679 g/mol. The second kappa shape index (κ2) is 18.8. The molecule has 0 radical (unpaired) electrons. The fourth-order valence-corrected chi connectivity index (χ4v) is 6.19. The zero-order valence-electron chi connectivity index (χ0n) is 29.2. The first kappa shape index (κ1) is 38.0. The van der Waals surface area contributed by atoms with Gasteiger partial charge in [-0.3, -0.25) is 19.3 Å². The van der Waals surface area contributed by atoms with Crippen LogP contribution in [0.15, 0.2) is 140 Å². The highest BCUT2D eigenvalue weighted by molar-refractivity contribution is 7.48. The molecule has 0 aliphatic rings. The normalized spacial score (nSPS) is 12.3. The van der Waals surface area contributed by atoms with E-state index in [4.69, 9.17) is 23.0 Å². The summed E-state index contributed by atoms with van der Waals surface area (Å²) in [7, 11) is -4.24. The average Bonchev–Trinajstić information content (AvgIpc) is 3.19. The Balaban J connectivity index is 1.43. The van der Waals surface area contributed by atoms with Crippen LogP contribution < -0.4 is 20.1 Å². The van der Waals surface area contributed by atoms with Crippen molar-refractivity contribution in [3.63, 3.8) is 0 Å². The molecule has 52 heavy (non-hydrogen) atoms. The molecule has 0 fully saturated rings. The molecule has 10 nitrogen and oxygen atoms in total. The lowest BCUT2D eigenvalue weighted by molar-refractivity contribution is -0.153. The average molecular weight is 723 g/mol. The first-order valence-electron chi connectivity index (χ1n) is 17.0. The minimum absolute atomic E-state index is 0.0240. The van der Waals surface area contributed by atoms with Gasteiger partial charge in [-0.25, -0.2) is 14.8 Å². The van der Waals surface area contributed by atoms with E-state index < -0.39 is 19.3 Å². The molecule has 0 aliphatic heterocycles. The second-order valence-corrected chi connectivity index (χ2v) is 13.8. The highest BCUT2D eigenvalue weighted by atomic mass is 31.2. The number of phosphoric acid groups is 1. The number of phosphoric ester groups is 1. The molecular formula is C41H43N2O8P. The van der Waals surface area contributed by atoms with Crippen LogP contribution in [0.4, 0.5) is 0 Å². The lowest BCUT2D eigenvalue weighted by atomic mass is 9.93. The van der Waals surface area contributed by atoms with Gasteiger partial charge in [0.25, 0.3) is 0 Å². The number of hydrazine groups is 1. The molecule has 0 bridgehead atoms. The predicted molar refractivity (Wildman–Crippen MR) is 198 cm³/mol. The Morgan fingerprint density at radius 3 is 1.60 bits per heavy atom. The summed E-state index contributed by atoms with van der Waals surface area (Å²) in [6.07, 6.45) is 0.295. The van der Waals surface area contributed by atoms with Gasteiger partial charge in [-0.1, -0.05) is 134 Å². The van der Waals surface area contributed by atoms with Gasteiger partial charge in [0.2, 0.25) is 5.91 Å². The molecule has 5 aromatic rings. The molecule has 5 aromatic carbocycles.